The molecule has 2 aliphatic rings. The molecular formula is C36H39F7N6O5. The number of morpholine rings is 1. The van der Waals surface area contributed by atoms with Crippen LogP contribution in [0.25, 0.3) is 11.3 Å². The monoisotopic (exact) mass is 768 g/mol. The second-order valence-corrected chi connectivity index (χ2v) is 12.9. The highest BCUT2D eigenvalue weighted by molar-refractivity contribution is 6.24. The number of aliphatic hydroxyl groups excluding tert-OH is 1. The average molecular weight is 769 g/mol. The zero-order chi connectivity index (χ0) is 39.6. The molecule has 1 aromatic heterocycles. The first-order chi connectivity index (χ1) is 25.4. The fraction of sp³-hybridized carbons (Fsp3) is 0.444. The first kappa shape index (κ1) is 40.4. The fourth-order valence-electron chi connectivity index (χ4n) is 6.47. The largest absolute Gasteiger partial charge is 0.509 e. The van der Waals surface area contributed by atoms with E-state index in [2.05, 4.69) is 15.3 Å². The Morgan fingerprint density at radius 1 is 1.02 bits per heavy atom. The molecule has 0 unspecified atom stereocenters. The maximum Gasteiger partial charge on any atom is 0.433 e. The van der Waals surface area contributed by atoms with Crippen LogP contribution in [0.5, 0.6) is 5.75 Å². The smallest absolute Gasteiger partial charge is 0.433 e. The van der Waals surface area contributed by atoms with E-state index in [0.717, 1.165) is 23.2 Å². The molecule has 5 rings (SSSR count). The highest BCUT2D eigenvalue weighted by atomic mass is 19.4. The molecule has 11 nitrogen and oxygen atoms in total. The molecule has 0 atom stereocenters. The number of alkyl halides is 5. The number of carbonyl (C=O) groups excluding carboxylic acids is 2. The van der Waals surface area contributed by atoms with Gasteiger partial charge in [0.1, 0.15) is 30.0 Å². The molecule has 18 heteroatoms. The number of nitrogens with zero attached hydrogens (tertiary/aromatic N) is 5. The van der Waals surface area contributed by atoms with E-state index in [-0.39, 0.29) is 42.0 Å². The van der Waals surface area contributed by atoms with Crippen molar-refractivity contribution < 1.29 is 54.9 Å². The minimum Gasteiger partial charge on any atom is -0.509 e. The van der Waals surface area contributed by atoms with E-state index in [1.807, 2.05) is 4.90 Å². The Balaban J connectivity index is 1.47. The number of hydrogen-bond acceptors (Lipinski definition) is 9. The van der Waals surface area contributed by atoms with Gasteiger partial charge in [0.2, 0.25) is 5.82 Å². The molecular weight excluding hydrogens is 729 g/mol. The Labute approximate surface area is 306 Å². The van der Waals surface area contributed by atoms with Crippen LogP contribution in [0, 0.1) is 11.6 Å². The number of ether oxygens (including phenoxy) is 2. The number of benzene rings is 2. The van der Waals surface area contributed by atoms with Crippen molar-refractivity contribution in [3.8, 4) is 17.0 Å². The normalized spacial score (nSPS) is 17.2. The van der Waals surface area contributed by atoms with Crippen molar-refractivity contribution in [2.75, 3.05) is 51.8 Å². The predicted molar refractivity (Wildman–Crippen MR) is 181 cm³/mol. The number of hydrogen-bond donors (Lipinski definition) is 2. The standard InChI is InChI=1S/C36H39F7N6O5/c1-5-35(6-2)31(50)28(32(51)46-24-9-8-22(34(3,39)40)17-23(24)25-18-27(36(41,42)43)45-20-44-25)33(52)49(47(35)4)19-21-7-10-26(30(38)29(21)37)54-16-13-48-11-14-53-15-12-48/h7-10,17-18,20,50H,5-6,11-16,19H2,1-4H3,(H,46,51). The number of anilines is 1. The van der Waals surface area contributed by atoms with Crippen molar-refractivity contribution in [3.63, 3.8) is 0 Å². The van der Waals surface area contributed by atoms with Gasteiger partial charge in [0, 0.05) is 50.3 Å². The van der Waals surface area contributed by atoms with Gasteiger partial charge in [0.05, 0.1) is 36.7 Å². The van der Waals surface area contributed by atoms with Crippen molar-refractivity contribution in [1.82, 2.24) is 24.9 Å². The van der Waals surface area contributed by atoms with E-state index >= 15 is 8.78 Å². The van der Waals surface area contributed by atoms with Gasteiger partial charge in [-0.15, -0.1) is 0 Å². The van der Waals surface area contributed by atoms with Crippen LogP contribution < -0.4 is 10.1 Å². The minimum absolute atomic E-state index is 0.0765. The fourth-order valence-corrected chi connectivity index (χ4v) is 6.47. The lowest BCUT2D eigenvalue weighted by atomic mass is 9.84. The van der Waals surface area contributed by atoms with E-state index in [9.17, 15) is 36.6 Å². The van der Waals surface area contributed by atoms with Gasteiger partial charge < -0.3 is 19.9 Å². The number of likely N-dealkylation sites (N-methyl/N-ethyl adjacent to an activating group) is 1. The van der Waals surface area contributed by atoms with Gasteiger partial charge >= 0.3 is 6.18 Å². The Hall–Kier alpha value is -4.81. The molecule has 1 fully saturated rings. The van der Waals surface area contributed by atoms with Crippen molar-refractivity contribution in [2.24, 2.45) is 0 Å². The van der Waals surface area contributed by atoms with Crippen LogP contribution >= 0.6 is 0 Å². The summed E-state index contributed by atoms with van der Waals surface area (Å²) in [6, 6.07) is 5.73. The zero-order valence-electron chi connectivity index (χ0n) is 29.9. The molecule has 2 aliphatic heterocycles. The molecule has 2 N–H and O–H groups in total. The lowest BCUT2D eigenvalue weighted by molar-refractivity contribution is -0.164. The van der Waals surface area contributed by atoms with Crippen molar-refractivity contribution in [1.29, 1.82) is 0 Å². The van der Waals surface area contributed by atoms with Crippen molar-refractivity contribution >= 4 is 17.5 Å². The van der Waals surface area contributed by atoms with Crippen LogP contribution in [0.1, 0.15) is 50.4 Å². The molecule has 0 radical (unpaired) electrons. The Morgan fingerprint density at radius 2 is 1.70 bits per heavy atom. The lowest BCUT2D eigenvalue weighted by Gasteiger charge is -2.49. The van der Waals surface area contributed by atoms with Gasteiger partial charge in [-0.3, -0.25) is 19.5 Å². The average Bonchev–Trinajstić information content (AvgIpc) is 3.13. The molecule has 1 saturated heterocycles. The zero-order valence-corrected chi connectivity index (χ0v) is 29.9. The van der Waals surface area contributed by atoms with E-state index in [4.69, 9.17) is 9.47 Å². The van der Waals surface area contributed by atoms with E-state index in [0.29, 0.717) is 52.2 Å². The summed E-state index contributed by atoms with van der Waals surface area (Å²) in [5, 5.41) is 16.2. The Kier molecular flexibility index (Phi) is 11.9. The molecule has 2 amide bonds. The van der Waals surface area contributed by atoms with E-state index in [1.165, 1.54) is 24.2 Å². The summed E-state index contributed by atoms with van der Waals surface area (Å²) in [7, 11) is 1.43. The van der Waals surface area contributed by atoms with Crippen LogP contribution in [0.3, 0.4) is 0 Å². The van der Waals surface area contributed by atoms with Crippen LogP contribution in [-0.2, 0) is 33.0 Å². The number of rotatable bonds is 12. The minimum atomic E-state index is -4.92. The highest BCUT2D eigenvalue weighted by Gasteiger charge is 2.50. The summed E-state index contributed by atoms with van der Waals surface area (Å²) in [4.78, 5) is 37.1. The number of aromatic nitrogens is 2. The maximum absolute atomic E-state index is 15.5. The van der Waals surface area contributed by atoms with Gasteiger partial charge in [-0.2, -0.15) is 17.6 Å². The lowest BCUT2D eigenvalue weighted by Crippen LogP contribution is -2.62. The summed E-state index contributed by atoms with van der Waals surface area (Å²) < 4.78 is 111. The number of amides is 2. The number of halogens is 7. The van der Waals surface area contributed by atoms with Gasteiger partial charge in [-0.25, -0.2) is 28.1 Å². The molecule has 3 heterocycles. The topological polar surface area (TPSA) is 120 Å². The predicted octanol–water partition coefficient (Wildman–Crippen LogP) is 6.46. The highest BCUT2D eigenvalue weighted by Crippen LogP contribution is 2.40. The van der Waals surface area contributed by atoms with Crippen molar-refractivity contribution in [2.45, 2.75) is 57.8 Å². The molecule has 292 valence electrons. The van der Waals surface area contributed by atoms with Crippen LogP contribution in [-0.4, -0.2) is 93.8 Å². The molecule has 54 heavy (non-hydrogen) atoms. The molecule has 3 aromatic rings. The maximum atomic E-state index is 15.5. The third-order valence-electron chi connectivity index (χ3n) is 9.73. The van der Waals surface area contributed by atoms with Crippen LogP contribution in [0.2, 0.25) is 0 Å². The number of nitrogens with one attached hydrogen (secondary N) is 1. The van der Waals surface area contributed by atoms with Gasteiger partial charge in [0.15, 0.2) is 11.6 Å². The number of carbonyl (C=O) groups is 2. The third kappa shape index (κ3) is 8.14. The van der Waals surface area contributed by atoms with Crippen molar-refractivity contribution in [3.05, 3.63) is 82.5 Å². The molecule has 0 aliphatic carbocycles. The summed E-state index contributed by atoms with van der Waals surface area (Å²) in [5.74, 6) is -9.43. The molecule has 2 aromatic carbocycles. The summed E-state index contributed by atoms with van der Waals surface area (Å²) in [5.41, 5.74) is -5.67. The summed E-state index contributed by atoms with van der Waals surface area (Å²) in [6.45, 7) is 6.30. The molecule has 0 saturated carbocycles. The third-order valence-corrected chi connectivity index (χ3v) is 9.73. The van der Waals surface area contributed by atoms with Crippen LogP contribution in [0.4, 0.5) is 36.4 Å². The first-order valence-corrected chi connectivity index (χ1v) is 17.0. The Morgan fingerprint density at radius 3 is 2.33 bits per heavy atom. The second kappa shape index (κ2) is 15.9. The quantitative estimate of drug-likeness (QED) is 0.158. The van der Waals surface area contributed by atoms with Crippen LogP contribution in [0.15, 0.2) is 54.1 Å². The summed E-state index contributed by atoms with van der Waals surface area (Å²) >= 11 is 0. The number of hydrazine groups is 1. The SMILES string of the molecule is CCC1(CC)C(O)=C(C(=O)Nc2ccc(C(C)(F)F)cc2-c2cc(C(F)(F)F)ncn2)C(=O)N(Cc2ccc(OCCN3CCOCC3)c(F)c2F)N1C. The molecule has 0 spiro atoms. The Bertz CT molecular complexity index is 1910. The second-order valence-electron chi connectivity index (χ2n) is 12.9. The molecule has 0 bridgehead atoms. The summed E-state index contributed by atoms with van der Waals surface area (Å²) in [6.07, 6.45) is -4.11. The van der Waals surface area contributed by atoms with E-state index < -0.39 is 75.9 Å². The van der Waals surface area contributed by atoms with Gasteiger partial charge in [0.25, 0.3) is 17.7 Å². The number of aliphatic hydroxyl groups is 1. The van der Waals surface area contributed by atoms with Gasteiger partial charge in [-0.05, 0) is 37.1 Å². The first-order valence-electron chi connectivity index (χ1n) is 17.0. The van der Waals surface area contributed by atoms with E-state index in [1.54, 1.807) is 13.8 Å². The van der Waals surface area contributed by atoms with Gasteiger partial charge in [-0.1, -0.05) is 26.0 Å².